The van der Waals surface area contributed by atoms with E-state index in [1.807, 2.05) is 6.08 Å². The Balaban J connectivity index is 1.72. The Morgan fingerprint density at radius 3 is 3.06 bits per heavy atom. The molecule has 2 aliphatic rings. The molecule has 0 radical (unpaired) electrons. The fourth-order valence-corrected chi connectivity index (χ4v) is 3.46. The fourth-order valence-electron chi connectivity index (χ4n) is 3.27. The summed E-state index contributed by atoms with van der Waals surface area (Å²) in [5.74, 6) is 1.29. The minimum Gasteiger partial charge on any atom is -0.310 e. The van der Waals surface area contributed by atoms with Crippen LogP contribution in [0.1, 0.15) is 24.8 Å². The summed E-state index contributed by atoms with van der Waals surface area (Å²) in [6, 6.07) is 5.33. The van der Waals surface area contributed by atoms with Crippen LogP contribution in [0.5, 0.6) is 0 Å². The number of rotatable bonds is 2. The molecule has 1 heterocycles. The zero-order chi connectivity index (χ0) is 12.5. The molecule has 0 bridgehead atoms. The van der Waals surface area contributed by atoms with Crippen LogP contribution in [0.15, 0.2) is 24.3 Å². The first-order valence-corrected chi connectivity index (χ1v) is 6.98. The van der Waals surface area contributed by atoms with Crippen LogP contribution >= 0.6 is 11.6 Å². The Morgan fingerprint density at radius 1 is 1.33 bits per heavy atom. The molecule has 3 heteroatoms. The van der Waals surface area contributed by atoms with Crippen LogP contribution in [0, 0.1) is 17.7 Å². The molecule has 1 N–H and O–H groups in total. The first-order valence-electron chi connectivity index (χ1n) is 6.60. The molecule has 1 aliphatic carbocycles. The van der Waals surface area contributed by atoms with E-state index in [1.165, 1.54) is 25.3 Å². The number of benzene rings is 1. The molecular weight excluding hydrogens is 249 g/mol. The lowest BCUT2D eigenvalue weighted by atomic mass is 9.93. The van der Waals surface area contributed by atoms with Crippen molar-refractivity contribution in [3.05, 3.63) is 40.7 Å². The molecule has 96 valence electrons. The summed E-state index contributed by atoms with van der Waals surface area (Å²) >= 11 is 5.77. The highest BCUT2D eigenvalue weighted by atomic mass is 35.5. The predicted molar refractivity (Wildman–Crippen MR) is 73.1 cm³/mol. The summed E-state index contributed by atoms with van der Waals surface area (Å²) in [6.45, 7) is 1.14. The van der Waals surface area contributed by atoms with E-state index in [9.17, 15) is 4.39 Å². The molecule has 0 amide bonds. The van der Waals surface area contributed by atoms with Gasteiger partial charge in [0, 0.05) is 6.04 Å². The highest BCUT2D eigenvalue weighted by molar-refractivity contribution is 6.30. The van der Waals surface area contributed by atoms with Gasteiger partial charge in [-0.25, -0.2) is 4.39 Å². The summed E-state index contributed by atoms with van der Waals surface area (Å²) < 4.78 is 13.0. The predicted octanol–water partition coefficient (Wildman–Crippen LogP) is 3.88. The Morgan fingerprint density at radius 2 is 2.22 bits per heavy atom. The van der Waals surface area contributed by atoms with E-state index in [0.717, 1.165) is 23.9 Å². The van der Waals surface area contributed by atoms with Gasteiger partial charge in [0.15, 0.2) is 0 Å². The summed E-state index contributed by atoms with van der Waals surface area (Å²) in [5, 5.41) is 3.75. The third-order valence-electron chi connectivity index (χ3n) is 4.23. The molecule has 1 aromatic carbocycles. The van der Waals surface area contributed by atoms with Crippen LogP contribution in [0.4, 0.5) is 4.39 Å². The highest BCUT2D eigenvalue weighted by Gasteiger charge is 2.37. The van der Waals surface area contributed by atoms with Crippen molar-refractivity contribution in [3.8, 4) is 0 Å². The molecule has 18 heavy (non-hydrogen) atoms. The Labute approximate surface area is 112 Å². The summed E-state index contributed by atoms with van der Waals surface area (Å²) in [7, 11) is 0. The maximum Gasteiger partial charge on any atom is 0.141 e. The zero-order valence-corrected chi connectivity index (χ0v) is 11.0. The largest absolute Gasteiger partial charge is 0.310 e. The normalized spacial score (nSPS) is 31.1. The Kier molecular flexibility index (Phi) is 3.40. The van der Waals surface area contributed by atoms with Gasteiger partial charge in [0.25, 0.3) is 0 Å². The van der Waals surface area contributed by atoms with E-state index in [1.54, 1.807) is 12.1 Å². The third-order valence-corrected chi connectivity index (χ3v) is 4.52. The molecule has 1 saturated heterocycles. The van der Waals surface area contributed by atoms with Crippen molar-refractivity contribution in [2.45, 2.75) is 25.3 Å². The van der Waals surface area contributed by atoms with Gasteiger partial charge in [-0.15, -0.1) is 0 Å². The van der Waals surface area contributed by atoms with Crippen LogP contribution < -0.4 is 5.32 Å². The standard InChI is InChI=1S/C15H17ClFN/c16-13-8-10(4-6-14(13)17)5-7-15-12-3-1-2-11(12)9-18-15/h4-8,11-12,15,18H,1-3,9H2/b7-5+. The second kappa shape index (κ2) is 5.02. The van der Waals surface area contributed by atoms with Crippen molar-refractivity contribution in [2.24, 2.45) is 11.8 Å². The lowest BCUT2D eigenvalue weighted by molar-refractivity contribution is 0.456. The van der Waals surface area contributed by atoms with E-state index < -0.39 is 0 Å². The average Bonchev–Trinajstić information content (AvgIpc) is 2.94. The minimum atomic E-state index is -0.358. The third kappa shape index (κ3) is 2.32. The van der Waals surface area contributed by atoms with Gasteiger partial charge < -0.3 is 5.32 Å². The number of hydrogen-bond acceptors (Lipinski definition) is 1. The number of nitrogens with one attached hydrogen (secondary N) is 1. The van der Waals surface area contributed by atoms with Gasteiger partial charge in [-0.2, -0.15) is 0 Å². The first kappa shape index (κ1) is 12.2. The first-order chi connectivity index (χ1) is 8.74. The van der Waals surface area contributed by atoms with Gasteiger partial charge in [-0.3, -0.25) is 0 Å². The van der Waals surface area contributed by atoms with Crippen LogP contribution in [0.2, 0.25) is 5.02 Å². The van der Waals surface area contributed by atoms with Crippen molar-refractivity contribution in [2.75, 3.05) is 6.54 Å². The van der Waals surface area contributed by atoms with Gasteiger partial charge in [0.2, 0.25) is 0 Å². The van der Waals surface area contributed by atoms with Crippen LogP contribution in [-0.4, -0.2) is 12.6 Å². The molecule has 1 aliphatic heterocycles. The molecule has 3 atom stereocenters. The maximum absolute atomic E-state index is 13.0. The maximum atomic E-state index is 13.0. The summed E-state index contributed by atoms with van der Waals surface area (Å²) in [5.41, 5.74) is 0.963. The second-order valence-corrected chi connectivity index (χ2v) is 5.73. The Bertz CT molecular complexity index is 472. The number of halogens is 2. The average molecular weight is 266 g/mol. The van der Waals surface area contributed by atoms with Crippen LogP contribution in [0.25, 0.3) is 6.08 Å². The van der Waals surface area contributed by atoms with Gasteiger partial charge in [-0.05, 0) is 48.9 Å². The van der Waals surface area contributed by atoms with Crippen molar-refractivity contribution < 1.29 is 4.39 Å². The highest BCUT2D eigenvalue weighted by Crippen LogP contribution is 2.38. The number of hydrogen-bond donors (Lipinski definition) is 1. The quantitative estimate of drug-likeness (QED) is 0.856. The van der Waals surface area contributed by atoms with Gasteiger partial charge >= 0.3 is 0 Å². The van der Waals surface area contributed by atoms with Gasteiger partial charge in [0.1, 0.15) is 5.82 Å². The van der Waals surface area contributed by atoms with Crippen molar-refractivity contribution in [1.29, 1.82) is 0 Å². The smallest absolute Gasteiger partial charge is 0.141 e. The topological polar surface area (TPSA) is 12.0 Å². The molecule has 1 saturated carbocycles. The van der Waals surface area contributed by atoms with Crippen molar-refractivity contribution >= 4 is 17.7 Å². The Hall–Kier alpha value is -0.860. The molecule has 0 aromatic heterocycles. The van der Waals surface area contributed by atoms with Gasteiger partial charge in [0.05, 0.1) is 5.02 Å². The number of fused-ring (bicyclic) bond motifs is 1. The zero-order valence-electron chi connectivity index (χ0n) is 10.2. The molecule has 3 unspecified atom stereocenters. The summed E-state index contributed by atoms with van der Waals surface area (Å²) in [6.07, 6.45) is 8.31. The van der Waals surface area contributed by atoms with Crippen LogP contribution in [0.3, 0.4) is 0 Å². The van der Waals surface area contributed by atoms with Gasteiger partial charge in [-0.1, -0.05) is 36.2 Å². The molecular formula is C15H17ClFN. The fraction of sp³-hybridized carbons (Fsp3) is 0.467. The summed E-state index contributed by atoms with van der Waals surface area (Å²) in [4.78, 5) is 0. The molecule has 3 rings (SSSR count). The molecule has 0 spiro atoms. The molecule has 2 fully saturated rings. The van der Waals surface area contributed by atoms with Crippen molar-refractivity contribution in [1.82, 2.24) is 5.32 Å². The van der Waals surface area contributed by atoms with E-state index in [0.29, 0.717) is 6.04 Å². The lowest BCUT2D eigenvalue weighted by Gasteiger charge is -2.13. The second-order valence-electron chi connectivity index (χ2n) is 5.32. The van der Waals surface area contributed by atoms with Crippen molar-refractivity contribution in [3.63, 3.8) is 0 Å². The SMILES string of the molecule is Fc1ccc(/C=C/C2NCC3CCCC32)cc1Cl. The van der Waals surface area contributed by atoms with E-state index in [4.69, 9.17) is 11.6 Å². The monoisotopic (exact) mass is 265 g/mol. The minimum absolute atomic E-state index is 0.190. The molecule has 1 aromatic rings. The van der Waals surface area contributed by atoms with E-state index >= 15 is 0 Å². The van der Waals surface area contributed by atoms with E-state index in [2.05, 4.69) is 11.4 Å². The van der Waals surface area contributed by atoms with Crippen LogP contribution in [-0.2, 0) is 0 Å². The molecule has 1 nitrogen and oxygen atoms in total. The lowest BCUT2D eigenvalue weighted by Crippen LogP contribution is -2.23. The van der Waals surface area contributed by atoms with E-state index in [-0.39, 0.29) is 10.8 Å².